The van der Waals surface area contributed by atoms with E-state index in [4.69, 9.17) is 11.5 Å². The molecule has 3 rings (SSSR count). The number of carboxylic acid groups (broad SMARTS) is 2. The third-order valence-electron chi connectivity index (χ3n) is 11.4. The van der Waals surface area contributed by atoms with Gasteiger partial charge in [0.05, 0.1) is 48.2 Å². The van der Waals surface area contributed by atoms with Crippen LogP contribution in [0.2, 0.25) is 0 Å². The highest BCUT2D eigenvalue weighted by atomic mass is 16.4. The van der Waals surface area contributed by atoms with Crippen molar-refractivity contribution in [1.29, 1.82) is 0 Å². The van der Waals surface area contributed by atoms with Crippen molar-refractivity contribution in [2.45, 2.75) is 103 Å². The first-order valence-electron chi connectivity index (χ1n) is 24.2. The van der Waals surface area contributed by atoms with Crippen LogP contribution in [0.15, 0.2) is 24.3 Å². The molecule has 1 aliphatic carbocycles. The lowest BCUT2D eigenvalue weighted by Crippen LogP contribution is -2.56. The Hall–Kier alpha value is -8.40. The molecule has 0 saturated heterocycles. The number of carbonyl (C=O) groups is 12. The van der Waals surface area contributed by atoms with Crippen LogP contribution in [0.5, 0.6) is 11.5 Å². The Balaban J connectivity index is 1.75. The minimum Gasteiger partial charge on any atom is -0.507 e. The third-order valence-corrected chi connectivity index (χ3v) is 11.4. The van der Waals surface area contributed by atoms with Gasteiger partial charge in [0.2, 0.25) is 58.8 Å². The number of fused-ring (bicyclic) bond motifs is 2. The first-order chi connectivity index (χ1) is 35.7. The summed E-state index contributed by atoms with van der Waals surface area (Å²) in [7, 11) is 0. The number of aromatic hydroxyl groups is 2. The van der Waals surface area contributed by atoms with Crippen LogP contribution >= 0.6 is 0 Å². The molecule has 0 saturated carbocycles. The molecule has 416 valence electrons. The molecule has 0 fully saturated rings. The lowest BCUT2D eigenvalue weighted by molar-refractivity contribution is -0.141. The molecule has 6 atom stereocenters. The molecule has 0 radical (unpaired) electrons. The molecule has 76 heavy (non-hydrogen) atoms. The second-order valence-electron chi connectivity index (χ2n) is 18.5. The second kappa shape index (κ2) is 28.9. The highest BCUT2D eigenvalue weighted by molar-refractivity contribution is 6.33. The summed E-state index contributed by atoms with van der Waals surface area (Å²) in [5.41, 5.74) is 9.38. The fraction of sp³-hybridized carbons (Fsp3) is 0.500. The van der Waals surface area contributed by atoms with Gasteiger partial charge in [-0.1, -0.05) is 27.7 Å². The molecule has 0 aromatic heterocycles. The number of anilines is 2. The first kappa shape index (κ1) is 61.9. The van der Waals surface area contributed by atoms with E-state index >= 15 is 0 Å². The number of hydrogen-bond acceptors (Lipinski definition) is 18. The number of nitrogens with two attached hydrogens (primary N) is 2. The van der Waals surface area contributed by atoms with Crippen molar-refractivity contribution in [3.63, 3.8) is 0 Å². The van der Waals surface area contributed by atoms with Crippen molar-refractivity contribution in [2.75, 3.05) is 49.9 Å². The summed E-state index contributed by atoms with van der Waals surface area (Å²) >= 11 is 0. The minimum absolute atomic E-state index is 0.0664. The lowest BCUT2D eigenvalue weighted by Gasteiger charge is -2.25. The Morgan fingerprint density at radius 1 is 0.447 bits per heavy atom. The van der Waals surface area contributed by atoms with Crippen molar-refractivity contribution >= 4 is 82.1 Å². The number of carbonyl (C=O) groups excluding carboxylic acids is 10. The van der Waals surface area contributed by atoms with Crippen molar-refractivity contribution in [1.82, 2.24) is 42.5 Å². The Morgan fingerprint density at radius 3 is 1.09 bits per heavy atom. The summed E-state index contributed by atoms with van der Waals surface area (Å²) in [6.07, 6.45) is -1.30. The average Bonchev–Trinajstić information content (AvgIpc) is 3.34. The molecule has 1 aliphatic rings. The van der Waals surface area contributed by atoms with E-state index in [2.05, 4.69) is 53.2 Å². The zero-order valence-corrected chi connectivity index (χ0v) is 42.8. The van der Waals surface area contributed by atoms with Gasteiger partial charge in [-0.25, -0.2) is 0 Å². The van der Waals surface area contributed by atoms with E-state index in [-0.39, 0.29) is 73.4 Å². The van der Waals surface area contributed by atoms with Crippen LogP contribution in [0.1, 0.15) is 99.1 Å². The summed E-state index contributed by atoms with van der Waals surface area (Å²) in [6.45, 7) is 8.36. The van der Waals surface area contributed by atoms with Gasteiger partial charge < -0.3 is 85.1 Å². The molecule has 2 aromatic rings. The summed E-state index contributed by atoms with van der Waals surface area (Å²) in [5, 5.41) is 65.4. The van der Waals surface area contributed by atoms with Gasteiger partial charge in [-0.2, -0.15) is 0 Å². The van der Waals surface area contributed by atoms with E-state index in [9.17, 15) is 78.0 Å². The summed E-state index contributed by atoms with van der Waals surface area (Å²) in [5.74, 6) is -12.3. The molecule has 0 heterocycles. The molecule has 0 spiro atoms. The van der Waals surface area contributed by atoms with Crippen LogP contribution in [0.4, 0.5) is 11.4 Å². The SMILES string of the molecule is CC(C)C[C@H](NC(=O)[C@H](C)NC(=O)[C@H](CC(=O)O)NC(=O)CN)C(=O)NCCNc1ccc(NCCNC(=O)[C@H](CC(C)C)NC(=O)[C@H](C)NC(=O)[C@H](CC(=O)O)NC(=O)CN)c2c1C(=O)c1c(O)ccc(O)c1C2=O. The van der Waals surface area contributed by atoms with Gasteiger partial charge in [0.1, 0.15) is 47.8 Å². The fourth-order valence-corrected chi connectivity index (χ4v) is 7.70. The van der Waals surface area contributed by atoms with Crippen LogP contribution in [0.3, 0.4) is 0 Å². The topological polar surface area (TPSA) is 458 Å². The lowest BCUT2D eigenvalue weighted by atomic mass is 9.81. The van der Waals surface area contributed by atoms with Crippen molar-refractivity contribution in [3.05, 3.63) is 46.5 Å². The molecule has 18 N–H and O–H groups in total. The molecule has 28 nitrogen and oxygen atoms in total. The highest BCUT2D eigenvalue weighted by Gasteiger charge is 2.38. The molecule has 0 aliphatic heterocycles. The van der Waals surface area contributed by atoms with E-state index < -0.39 is 156 Å². The summed E-state index contributed by atoms with van der Waals surface area (Å²) < 4.78 is 0. The normalized spacial score (nSPS) is 14.0. The van der Waals surface area contributed by atoms with Crippen LogP contribution < -0.4 is 64.6 Å². The van der Waals surface area contributed by atoms with Gasteiger partial charge in [-0.15, -0.1) is 0 Å². The van der Waals surface area contributed by atoms with Gasteiger partial charge in [0.15, 0.2) is 0 Å². The molecule has 0 unspecified atom stereocenters. The number of carboxylic acids is 2. The second-order valence-corrected chi connectivity index (χ2v) is 18.5. The average molecular weight is 1070 g/mol. The van der Waals surface area contributed by atoms with Gasteiger partial charge in [-0.3, -0.25) is 57.5 Å². The van der Waals surface area contributed by atoms with E-state index in [0.717, 1.165) is 12.1 Å². The molecule has 0 bridgehead atoms. The number of phenolic OH excluding ortho intramolecular Hbond substituents is 2. The van der Waals surface area contributed by atoms with Gasteiger partial charge in [0, 0.05) is 37.6 Å². The van der Waals surface area contributed by atoms with Gasteiger partial charge >= 0.3 is 11.9 Å². The molecule has 28 heteroatoms. The monoisotopic (exact) mass is 1070 g/mol. The molecule has 8 amide bonds. The predicted molar refractivity (Wildman–Crippen MR) is 271 cm³/mol. The zero-order valence-electron chi connectivity index (χ0n) is 42.8. The number of phenols is 2. The van der Waals surface area contributed by atoms with Crippen molar-refractivity contribution < 1.29 is 78.0 Å². The van der Waals surface area contributed by atoms with Crippen LogP contribution in [-0.2, 0) is 47.9 Å². The Labute approximate surface area is 436 Å². The van der Waals surface area contributed by atoms with Crippen LogP contribution in [0.25, 0.3) is 0 Å². The molecule has 2 aromatic carbocycles. The Bertz CT molecular complexity index is 2380. The van der Waals surface area contributed by atoms with Crippen molar-refractivity contribution in [2.24, 2.45) is 23.3 Å². The standard InChI is InChI=1S/C48H68N12O16/c1-21(2)15-27(59-43(71)23(5)55-47(75)29(17-35(65)66)57-33(63)19-49)45(73)53-13-11-51-25-7-8-26(38-37(25)41(69)39-31(61)9-10-32(62)40(39)42(38)70)52-12-14-54-46(74)28(16-22(3)4)60-44(72)24(6)56-48(76)30(18-36(67)68)58-34(64)20-50/h7-10,21-24,27-30,51-52,61-62H,11-20,49-50H2,1-6H3,(H,53,73)(H,54,74)(H,55,75)(H,56,76)(H,57,63)(H,58,64)(H,59,71)(H,60,72)(H,65,66)(H,67,68)/t23-,24-,27-,28-,29-,30-/m0/s1. The highest BCUT2D eigenvalue weighted by Crippen LogP contribution is 2.42. The van der Waals surface area contributed by atoms with Crippen LogP contribution in [-0.4, -0.2) is 167 Å². The van der Waals surface area contributed by atoms with E-state index in [0.29, 0.717) is 0 Å². The summed E-state index contributed by atoms with van der Waals surface area (Å²) in [6, 6.07) is -2.91. The number of aliphatic carboxylic acids is 2. The first-order valence-corrected chi connectivity index (χ1v) is 24.2. The predicted octanol–water partition coefficient (Wildman–Crippen LogP) is -3.16. The number of hydrogen-bond donors (Lipinski definition) is 16. The maximum atomic E-state index is 14.2. The number of benzene rings is 2. The molecular weight excluding hydrogens is 1000 g/mol. The summed E-state index contributed by atoms with van der Waals surface area (Å²) in [4.78, 5) is 153. The number of nitrogens with one attached hydrogen (secondary N) is 10. The number of ketones is 2. The van der Waals surface area contributed by atoms with E-state index in [1.165, 1.54) is 26.0 Å². The quantitative estimate of drug-likeness (QED) is 0.0231. The molecular formula is C48H68N12O16. The van der Waals surface area contributed by atoms with Gasteiger partial charge in [0.25, 0.3) is 0 Å². The smallest absolute Gasteiger partial charge is 0.305 e. The zero-order chi connectivity index (χ0) is 57.1. The maximum absolute atomic E-state index is 14.2. The Kier molecular flexibility index (Phi) is 23.5. The third kappa shape index (κ3) is 17.9. The maximum Gasteiger partial charge on any atom is 0.305 e. The van der Waals surface area contributed by atoms with E-state index in [1.54, 1.807) is 27.7 Å². The number of amides is 8. The van der Waals surface area contributed by atoms with E-state index in [1.807, 2.05) is 0 Å². The van der Waals surface area contributed by atoms with Gasteiger partial charge in [-0.05, 0) is 62.8 Å². The van der Waals surface area contributed by atoms with Crippen molar-refractivity contribution in [3.8, 4) is 11.5 Å². The largest absolute Gasteiger partial charge is 0.507 e. The Morgan fingerprint density at radius 2 is 0.789 bits per heavy atom. The van der Waals surface area contributed by atoms with Crippen LogP contribution in [0, 0.1) is 11.8 Å². The fourth-order valence-electron chi connectivity index (χ4n) is 7.70. The minimum atomic E-state index is -1.54. The number of rotatable bonds is 30.